The van der Waals surface area contributed by atoms with Gasteiger partial charge in [0.15, 0.2) is 0 Å². The van der Waals surface area contributed by atoms with E-state index in [1.54, 1.807) is 7.11 Å². The van der Waals surface area contributed by atoms with Gasteiger partial charge in [-0.25, -0.2) is 0 Å². The average Bonchev–Trinajstić information content (AvgIpc) is 2.97. The summed E-state index contributed by atoms with van der Waals surface area (Å²) in [5.74, 6) is 4.39. The lowest BCUT2D eigenvalue weighted by Gasteiger charge is -2.25. The van der Waals surface area contributed by atoms with E-state index in [0.717, 1.165) is 29.1 Å². The predicted octanol–water partition coefficient (Wildman–Crippen LogP) is 4.12. The van der Waals surface area contributed by atoms with Crippen molar-refractivity contribution in [2.45, 2.75) is 32.2 Å². The number of hydrogen-bond donors (Lipinski definition) is 1. The maximum atomic E-state index is 5.51. The fourth-order valence-corrected chi connectivity index (χ4v) is 4.50. The molecule has 1 aliphatic heterocycles. The molecule has 0 aromatic heterocycles. The Labute approximate surface area is 135 Å². The lowest BCUT2D eigenvalue weighted by atomic mass is 9.92. The molecule has 2 atom stereocenters. The molecule has 0 aliphatic carbocycles. The first-order chi connectivity index (χ1) is 9.74. The topological polar surface area (TPSA) is 21.3 Å². The van der Waals surface area contributed by atoms with E-state index in [4.69, 9.17) is 4.74 Å². The number of methoxy groups -OCH3 is 1. The Morgan fingerprint density at radius 2 is 2.35 bits per heavy atom. The molecule has 0 spiro atoms. The number of hydrogen-bond acceptors (Lipinski definition) is 3. The van der Waals surface area contributed by atoms with Crippen LogP contribution in [0.3, 0.4) is 0 Å². The van der Waals surface area contributed by atoms with Crippen LogP contribution < -0.4 is 10.1 Å². The molecule has 0 radical (unpaired) electrons. The van der Waals surface area contributed by atoms with Gasteiger partial charge in [-0.1, -0.05) is 22.9 Å². The van der Waals surface area contributed by atoms with Crippen LogP contribution in [0.15, 0.2) is 22.7 Å². The van der Waals surface area contributed by atoms with Gasteiger partial charge in [0.05, 0.1) is 7.11 Å². The Kier molecular flexibility index (Phi) is 6.72. The van der Waals surface area contributed by atoms with Gasteiger partial charge in [0.25, 0.3) is 0 Å². The van der Waals surface area contributed by atoms with Gasteiger partial charge in [0.1, 0.15) is 5.75 Å². The van der Waals surface area contributed by atoms with E-state index in [0.29, 0.717) is 6.04 Å². The second kappa shape index (κ2) is 8.30. The Morgan fingerprint density at radius 1 is 1.50 bits per heavy atom. The molecule has 1 heterocycles. The third-order valence-corrected chi connectivity index (χ3v) is 5.55. The quantitative estimate of drug-likeness (QED) is 0.792. The number of rotatable bonds is 7. The molecule has 0 saturated carbocycles. The fraction of sp³-hybridized carbons (Fsp3) is 0.625. The van der Waals surface area contributed by atoms with Crippen molar-refractivity contribution < 1.29 is 4.74 Å². The minimum absolute atomic E-state index is 0.563. The second-order valence-corrected chi connectivity index (χ2v) is 7.41. The third kappa shape index (κ3) is 4.40. The van der Waals surface area contributed by atoms with Crippen molar-refractivity contribution in [2.75, 3.05) is 25.2 Å². The zero-order chi connectivity index (χ0) is 14.4. The molecule has 2 nitrogen and oxygen atoms in total. The summed E-state index contributed by atoms with van der Waals surface area (Å²) >= 11 is 5.66. The summed E-state index contributed by atoms with van der Waals surface area (Å²) in [7, 11) is 1.76. The van der Waals surface area contributed by atoms with Crippen LogP contribution in [-0.2, 0) is 6.42 Å². The SMILES string of the molecule is CCCNC(Cc1cc(Br)ccc1OC)C1CCSC1. The van der Waals surface area contributed by atoms with Crippen LogP contribution in [0.4, 0.5) is 0 Å². The molecule has 0 amide bonds. The summed E-state index contributed by atoms with van der Waals surface area (Å²) in [5.41, 5.74) is 1.30. The second-order valence-electron chi connectivity index (χ2n) is 5.34. The Bertz CT molecular complexity index is 421. The zero-order valence-corrected chi connectivity index (χ0v) is 14.7. The molecule has 112 valence electrons. The Morgan fingerprint density at radius 3 is 3.00 bits per heavy atom. The van der Waals surface area contributed by atoms with E-state index in [1.807, 2.05) is 6.07 Å². The largest absolute Gasteiger partial charge is 0.496 e. The van der Waals surface area contributed by atoms with Gasteiger partial charge in [-0.2, -0.15) is 11.8 Å². The number of benzene rings is 1. The van der Waals surface area contributed by atoms with Gasteiger partial charge in [-0.15, -0.1) is 0 Å². The predicted molar refractivity (Wildman–Crippen MR) is 91.9 cm³/mol. The van der Waals surface area contributed by atoms with E-state index in [-0.39, 0.29) is 0 Å². The molecule has 1 saturated heterocycles. The van der Waals surface area contributed by atoms with Crippen molar-refractivity contribution >= 4 is 27.7 Å². The summed E-state index contributed by atoms with van der Waals surface area (Å²) in [6.45, 7) is 3.33. The van der Waals surface area contributed by atoms with Crippen LogP contribution in [0, 0.1) is 5.92 Å². The number of halogens is 1. The first-order valence-electron chi connectivity index (χ1n) is 7.38. The lowest BCUT2D eigenvalue weighted by molar-refractivity contribution is 0.367. The van der Waals surface area contributed by atoms with E-state index < -0.39 is 0 Å². The zero-order valence-electron chi connectivity index (χ0n) is 12.3. The normalized spacial score (nSPS) is 20.1. The molecule has 1 aromatic rings. The Balaban J connectivity index is 2.11. The van der Waals surface area contributed by atoms with Crippen molar-refractivity contribution in [1.82, 2.24) is 5.32 Å². The van der Waals surface area contributed by atoms with E-state index in [1.165, 1.54) is 29.9 Å². The summed E-state index contributed by atoms with van der Waals surface area (Å²) in [5, 5.41) is 3.75. The lowest BCUT2D eigenvalue weighted by Crippen LogP contribution is -2.38. The van der Waals surface area contributed by atoms with Crippen LogP contribution in [0.1, 0.15) is 25.3 Å². The van der Waals surface area contributed by atoms with Crippen LogP contribution in [0.5, 0.6) is 5.75 Å². The smallest absolute Gasteiger partial charge is 0.122 e. The summed E-state index contributed by atoms with van der Waals surface area (Å²) in [6.07, 6.45) is 3.57. The standard InChI is InChI=1S/C16H24BrNOS/c1-3-7-18-15(12-6-8-20-11-12)10-13-9-14(17)4-5-16(13)19-2/h4-5,9,12,15,18H,3,6-8,10-11H2,1-2H3. The highest BCUT2D eigenvalue weighted by Crippen LogP contribution is 2.30. The van der Waals surface area contributed by atoms with Crippen LogP contribution in [0.25, 0.3) is 0 Å². The van der Waals surface area contributed by atoms with Gasteiger partial charge in [-0.3, -0.25) is 0 Å². The molecule has 1 N–H and O–H groups in total. The van der Waals surface area contributed by atoms with Gasteiger partial charge in [0, 0.05) is 10.5 Å². The monoisotopic (exact) mass is 357 g/mol. The molecule has 0 bridgehead atoms. The van der Waals surface area contributed by atoms with Crippen molar-refractivity contribution in [3.63, 3.8) is 0 Å². The van der Waals surface area contributed by atoms with Crippen molar-refractivity contribution in [3.8, 4) is 5.75 Å². The number of thioether (sulfide) groups is 1. The molecule has 1 aromatic carbocycles. The van der Waals surface area contributed by atoms with Gasteiger partial charge < -0.3 is 10.1 Å². The van der Waals surface area contributed by atoms with Crippen LogP contribution in [0.2, 0.25) is 0 Å². The van der Waals surface area contributed by atoms with Gasteiger partial charge in [-0.05, 0) is 67.0 Å². The molecule has 1 fully saturated rings. The molecule has 1 aliphatic rings. The van der Waals surface area contributed by atoms with Crippen molar-refractivity contribution in [1.29, 1.82) is 0 Å². The van der Waals surface area contributed by atoms with Crippen molar-refractivity contribution in [2.24, 2.45) is 5.92 Å². The highest BCUT2D eigenvalue weighted by Gasteiger charge is 2.26. The van der Waals surface area contributed by atoms with Crippen LogP contribution in [-0.4, -0.2) is 31.2 Å². The first-order valence-corrected chi connectivity index (χ1v) is 9.33. The highest BCUT2D eigenvalue weighted by molar-refractivity contribution is 9.10. The summed E-state index contributed by atoms with van der Waals surface area (Å²) < 4.78 is 6.64. The van der Waals surface area contributed by atoms with E-state index in [9.17, 15) is 0 Å². The number of ether oxygens (including phenoxy) is 1. The maximum Gasteiger partial charge on any atom is 0.122 e. The van der Waals surface area contributed by atoms with Gasteiger partial charge in [0.2, 0.25) is 0 Å². The highest BCUT2D eigenvalue weighted by atomic mass is 79.9. The fourth-order valence-electron chi connectivity index (χ4n) is 2.75. The molecule has 2 unspecified atom stereocenters. The molecular weight excluding hydrogens is 334 g/mol. The summed E-state index contributed by atoms with van der Waals surface area (Å²) in [6, 6.07) is 6.86. The first kappa shape index (κ1) is 16.2. The minimum atomic E-state index is 0.563. The molecular formula is C16H24BrNOS. The maximum absolute atomic E-state index is 5.51. The Hall–Kier alpha value is -0.190. The molecule has 4 heteroatoms. The average molecular weight is 358 g/mol. The molecule has 20 heavy (non-hydrogen) atoms. The third-order valence-electron chi connectivity index (χ3n) is 3.87. The van der Waals surface area contributed by atoms with Crippen molar-refractivity contribution in [3.05, 3.63) is 28.2 Å². The molecule has 2 rings (SSSR count). The van der Waals surface area contributed by atoms with Gasteiger partial charge >= 0.3 is 0 Å². The number of nitrogens with one attached hydrogen (secondary N) is 1. The van der Waals surface area contributed by atoms with E-state index >= 15 is 0 Å². The van der Waals surface area contributed by atoms with Crippen LogP contribution >= 0.6 is 27.7 Å². The summed E-state index contributed by atoms with van der Waals surface area (Å²) in [4.78, 5) is 0. The minimum Gasteiger partial charge on any atom is -0.496 e. The van der Waals surface area contributed by atoms with E-state index in [2.05, 4.69) is 52.1 Å².